The molecule has 0 bridgehead atoms. The van der Waals surface area contributed by atoms with Gasteiger partial charge in [-0.15, -0.1) is 0 Å². The summed E-state index contributed by atoms with van der Waals surface area (Å²) < 4.78 is 55.1. The highest BCUT2D eigenvalue weighted by Crippen LogP contribution is 2.36. The zero-order valence-electron chi connectivity index (χ0n) is 18.6. The van der Waals surface area contributed by atoms with Crippen LogP contribution in [0.15, 0.2) is 71.6 Å². The van der Waals surface area contributed by atoms with Gasteiger partial charge in [-0.25, -0.2) is 21.9 Å². The third-order valence-electron chi connectivity index (χ3n) is 5.33. The van der Waals surface area contributed by atoms with Gasteiger partial charge in [0.1, 0.15) is 22.9 Å². The first-order chi connectivity index (χ1) is 15.9. The average molecular weight is 503 g/mol. The minimum atomic E-state index is -3.43. The molecule has 4 rings (SSSR count). The average Bonchev–Trinajstić information content (AvgIpc) is 3.18. The van der Waals surface area contributed by atoms with E-state index in [1.807, 2.05) is 0 Å². The minimum absolute atomic E-state index is 0.00726. The third kappa shape index (κ3) is 4.61. The fourth-order valence-corrected chi connectivity index (χ4v) is 4.48. The zero-order valence-corrected chi connectivity index (χ0v) is 20.1. The van der Waals surface area contributed by atoms with Gasteiger partial charge in [0.05, 0.1) is 26.9 Å². The van der Waals surface area contributed by atoms with Crippen molar-refractivity contribution in [1.29, 1.82) is 0 Å². The van der Waals surface area contributed by atoms with Crippen LogP contribution >= 0.6 is 11.6 Å². The molecule has 0 spiro atoms. The molecular weight excluding hydrogens is 482 g/mol. The lowest BCUT2D eigenvalue weighted by atomic mass is 10.0. The summed E-state index contributed by atoms with van der Waals surface area (Å²) in [7, 11) is -3.43. The predicted molar refractivity (Wildman–Crippen MR) is 128 cm³/mol. The van der Waals surface area contributed by atoms with Crippen LogP contribution in [-0.2, 0) is 15.4 Å². The lowest BCUT2D eigenvalue weighted by Crippen LogP contribution is -2.16. The molecule has 1 aromatic heterocycles. The first-order valence-electron chi connectivity index (χ1n) is 10.2. The van der Waals surface area contributed by atoms with Crippen molar-refractivity contribution in [2.75, 3.05) is 6.26 Å². The molecule has 0 aliphatic heterocycles. The zero-order chi connectivity index (χ0) is 24.8. The van der Waals surface area contributed by atoms with Gasteiger partial charge in [-0.1, -0.05) is 35.9 Å². The van der Waals surface area contributed by atoms with Gasteiger partial charge in [0.25, 0.3) is 0 Å². The fourth-order valence-electron chi connectivity index (χ4n) is 3.55. The molecule has 5 nitrogen and oxygen atoms in total. The summed E-state index contributed by atoms with van der Waals surface area (Å²) in [4.78, 5) is 0.118. The quantitative estimate of drug-likeness (QED) is 0.376. The van der Waals surface area contributed by atoms with Gasteiger partial charge in [-0.2, -0.15) is 5.10 Å². The second-order valence-corrected chi connectivity index (χ2v) is 10.9. The number of aromatic nitrogens is 2. The maximum Gasteiger partial charge on any atom is 0.175 e. The van der Waals surface area contributed by atoms with E-state index in [9.17, 15) is 17.9 Å². The number of aliphatic hydroxyl groups is 1. The van der Waals surface area contributed by atoms with Crippen molar-refractivity contribution in [3.8, 4) is 28.1 Å². The van der Waals surface area contributed by atoms with Gasteiger partial charge in [-0.05, 0) is 67.4 Å². The van der Waals surface area contributed by atoms with Crippen molar-refractivity contribution in [2.45, 2.75) is 24.3 Å². The summed E-state index contributed by atoms with van der Waals surface area (Å²) in [6.45, 7) is 3.03. The molecule has 34 heavy (non-hydrogen) atoms. The molecule has 0 amide bonds. The number of hydrogen-bond acceptors (Lipinski definition) is 4. The van der Waals surface area contributed by atoms with Crippen molar-refractivity contribution < 1.29 is 22.3 Å². The number of benzene rings is 3. The largest absolute Gasteiger partial charge is 0.384 e. The number of hydrogen-bond donors (Lipinski definition) is 1. The van der Waals surface area contributed by atoms with E-state index >= 15 is 4.39 Å². The molecule has 0 aliphatic rings. The summed E-state index contributed by atoms with van der Waals surface area (Å²) in [6.07, 6.45) is 1.10. The van der Waals surface area contributed by atoms with E-state index < -0.39 is 27.1 Å². The highest BCUT2D eigenvalue weighted by Gasteiger charge is 2.26. The number of sulfone groups is 1. The number of rotatable bonds is 5. The molecule has 0 aliphatic carbocycles. The fraction of sp³-hybridized carbons (Fsp3) is 0.160. The first kappa shape index (κ1) is 24.1. The summed E-state index contributed by atoms with van der Waals surface area (Å²) in [6, 6.07) is 16.2. The lowest BCUT2D eigenvalue weighted by Gasteiger charge is -2.13. The van der Waals surface area contributed by atoms with E-state index in [0.29, 0.717) is 11.1 Å². The summed E-state index contributed by atoms with van der Waals surface area (Å²) in [5.74, 6) is -1.30. The summed E-state index contributed by atoms with van der Waals surface area (Å²) in [5.41, 5.74) is -0.00262. The van der Waals surface area contributed by atoms with E-state index in [1.54, 1.807) is 18.2 Å². The Morgan fingerprint density at radius 3 is 2.24 bits per heavy atom. The van der Waals surface area contributed by atoms with Crippen molar-refractivity contribution in [3.05, 3.63) is 89.1 Å². The second-order valence-electron chi connectivity index (χ2n) is 8.45. The molecular formula is C25H21ClF2N2O3S. The second kappa shape index (κ2) is 8.61. The monoisotopic (exact) mass is 502 g/mol. The van der Waals surface area contributed by atoms with E-state index in [1.165, 1.54) is 67.1 Å². The smallest absolute Gasteiger partial charge is 0.175 e. The molecule has 0 saturated carbocycles. The predicted octanol–water partition coefficient (Wildman–Crippen LogP) is 5.77. The SMILES string of the molecule is CC(C)(O)c1cc(-c2c(F)cccc2Cl)n(-c2ccc(-c3cccc(S(C)(=O)=O)c3)cc2F)n1. The van der Waals surface area contributed by atoms with Crippen molar-refractivity contribution >= 4 is 21.4 Å². The third-order valence-corrected chi connectivity index (χ3v) is 6.75. The molecule has 9 heteroatoms. The van der Waals surface area contributed by atoms with Gasteiger partial charge in [0.2, 0.25) is 0 Å². The molecule has 1 N–H and O–H groups in total. The van der Waals surface area contributed by atoms with Crippen LogP contribution in [0.3, 0.4) is 0 Å². The number of halogens is 3. The van der Waals surface area contributed by atoms with Crippen LogP contribution in [0, 0.1) is 11.6 Å². The molecule has 0 fully saturated rings. The van der Waals surface area contributed by atoms with Crippen LogP contribution in [0.2, 0.25) is 5.02 Å². The molecule has 0 saturated heterocycles. The molecule has 3 aromatic carbocycles. The molecule has 1 heterocycles. The van der Waals surface area contributed by atoms with Gasteiger partial charge in [0.15, 0.2) is 9.84 Å². The molecule has 176 valence electrons. The van der Waals surface area contributed by atoms with Gasteiger partial charge in [-0.3, -0.25) is 0 Å². The van der Waals surface area contributed by atoms with Crippen LogP contribution in [0.5, 0.6) is 0 Å². The van der Waals surface area contributed by atoms with Gasteiger partial charge >= 0.3 is 0 Å². The topological polar surface area (TPSA) is 72.2 Å². The summed E-state index contributed by atoms with van der Waals surface area (Å²) >= 11 is 6.26. The highest BCUT2D eigenvalue weighted by atomic mass is 35.5. The Kier molecular flexibility index (Phi) is 6.10. The van der Waals surface area contributed by atoms with E-state index in [2.05, 4.69) is 5.10 Å². The maximum absolute atomic E-state index is 15.4. The lowest BCUT2D eigenvalue weighted by molar-refractivity contribution is 0.0734. The van der Waals surface area contributed by atoms with Crippen LogP contribution in [0.4, 0.5) is 8.78 Å². The van der Waals surface area contributed by atoms with Crippen LogP contribution in [-0.4, -0.2) is 29.6 Å². The molecule has 0 unspecified atom stereocenters. The van der Waals surface area contributed by atoms with Crippen molar-refractivity contribution in [2.24, 2.45) is 0 Å². The Bertz CT molecular complexity index is 1490. The Labute approximate surface area is 201 Å². The van der Waals surface area contributed by atoms with Crippen molar-refractivity contribution in [3.63, 3.8) is 0 Å². The van der Waals surface area contributed by atoms with E-state index in [4.69, 9.17) is 11.6 Å². The minimum Gasteiger partial charge on any atom is -0.384 e. The Hall–Kier alpha value is -3.07. The maximum atomic E-state index is 15.4. The Balaban J connectivity index is 1.88. The Morgan fingerprint density at radius 2 is 1.62 bits per heavy atom. The van der Waals surface area contributed by atoms with Gasteiger partial charge < -0.3 is 5.11 Å². The van der Waals surface area contributed by atoms with E-state index in [0.717, 1.165) is 6.26 Å². The Morgan fingerprint density at radius 1 is 0.941 bits per heavy atom. The van der Waals surface area contributed by atoms with Gasteiger partial charge in [0, 0.05) is 6.26 Å². The van der Waals surface area contributed by atoms with Crippen LogP contribution in [0.25, 0.3) is 28.1 Å². The standard InChI is InChI=1S/C25H21ClF2N2O3S/c1-25(2,31)23-14-22(24-18(26)8-5-9-19(24)27)30(29-23)21-11-10-16(13-20(21)28)15-6-4-7-17(12-15)34(3,32)33/h4-14,31H,1-3H3. The molecule has 4 aromatic rings. The normalized spacial score (nSPS) is 12.2. The molecule has 0 atom stereocenters. The summed E-state index contributed by atoms with van der Waals surface area (Å²) in [5, 5.41) is 14.9. The van der Waals surface area contributed by atoms with Crippen molar-refractivity contribution in [1.82, 2.24) is 9.78 Å². The van der Waals surface area contributed by atoms with Crippen LogP contribution < -0.4 is 0 Å². The van der Waals surface area contributed by atoms with E-state index in [-0.39, 0.29) is 32.6 Å². The molecule has 0 radical (unpaired) electrons. The number of nitrogens with zero attached hydrogens (tertiary/aromatic N) is 2. The van der Waals surface area contributed by atoms with Crippen LogP contribution in [0.1, 0.15) is 19.5 Å². The first-order valence-corrected chi connectivity index (χ1v) is 12.5. The highest BCUT2D eigenvalue weighted by molar-refractivity contribution is 7.90.